The molecule has 0 fully saturated rings. The third-order valence-corrected chi connectivity index (χ3v) is 3.07. The van der Waals surface area contributed by atoms with E-state index in [1.54, 1.807) is 24.1 Å². The normalized spacial score (nSPS) is 12.0. The van der Waals surface area contributed by atoms with Crippen molar-refractivity contribution < 1.29 is 9.53 Å². The number of alkyl halides is 1. The summed E-state index contributed by atoms with van der Waals surface area (Å²) < 4.78 is 5.44. The molecule has 0 aromatic heterocycles. The zero-order valence-corrected chi connectivity index (χ0v) is 11.2. The molecule has 0 N–H and O–H groups in total. The lowest BCUT2D eigenvalue weighted by Crippen LogP contribution is -2.36. The van der Waals surface area contributed by atoms with Crippen molar-refractivity contribution in [3.8, 4) is 5.75 Å². The number of para-hydroxylation sites is 1. The largest absolute Gasteiger partial charge is 0.493 e. The fourth-order valence-corrected chi connectivity index (χ4v) is 1.63. The van der Waals surface area contributed by atoms with Crippen LogP contribution >= 0.6 is 11.6 Å². The number of hydrogen-bond donors (Lipinski definition) is 0. The highest BCUT2D eigenvalue weighted by molar-refractivity contribution is 6.18. The highest BCUT2D eigenvalue weighted by Gasteiger charge is 2.19. The number of amides is 1. The molecule has 0 radical (unpaired) electrons. The Labute approximate surface area is 107 Å². The molecule has 0 spiro atoms. The van der Waals surface area contributed by atoms with E-state index in [-0.39, 0.29) is 11.9 Å². The number of nitrogens with zero attached hydrogens (tertiary/aromatic N) is 1. The van der Waals surface area contributed by atoms with Gasteiger partial charge < -0.3 is 9.64 Å². The van der Waals surface area contributed by atoms with Crippen molar-refractivity contribution in [2.75, 3.05) is 19.5 Å². The van der Waals surface area contributed by atoms with Crippen LogP contribution in [0.1, 0.15) is 24.2 Å². The number of halogens is 1. The van der Waals surface area contributed by atoms with Gasteiger partial charge in [-0.2, -0.15) is 0 Å². The Bertz CT molecular complexity index is 381. The Balaban J connectivity index is 2.95. The third-order valence-electron chi connectivity index (χ3n) is 2.62. The molecule has 0 aliphatic rings. The summed E-state index contributed by atoms with van der Waals surface area (Å²) in [7, 11) is 1.75. The van der Waals surface area contributed by atoms with Gasteiger partial charge in [0.25, 0.3) is 5.91 Å². The zero-order chi connectivity index (χ0) is 12.8. The lowest BCUT2D eigenvalue weighted by molar-refractivity contribution is 0.0752. The van der Waals surface area contributed by atoms with E-state index in [0.717, 1.165) is 0 Å². The van der Waals surface area contributed by atoms with Crippen LogP contribution in [0.15, 0.2) is 24.3 Å². The first-order chi connectivity index (χ1) is 8.11. The summed E-state index contributed by atoms with van der Waals surface area (Å²) in [4.78, 5) is 13.9. The monoisotopic (exact) mass is 255 g/mol. The van der Waals surface area contributed by atoms with Crippen LogP contribution in [0.5, 0.6) is 5.75 Å². The second-order valence-corrected chi connectivity index (χ2v) is 4.16. The standard InChI is InChI=1S/C13H18ClNO2/c1-4-17-12-8-6-5-7-11(12)13(16)15(3)10(2)9-14/h5-8,10H,4,9H2,1-3H3. The van der Waals surface area contributed by atoms with Crippen LogP contribution in [0.3, 0.4) is 0 Å². The van der Waals surface area contributed by atoms with E-state index >= 15 is 0 Å². The molecule has 17 heavy (non-hydrogen) atoms. The second kappa shape index (κ2) is 6.50. The Morgan fingerprint density at radius 1 is 1.47 bits per heavy atom. The first-order valence-electron chi connectivity index (χ1n) is 5.66. The molecule has 4 heteroatoms. The first-order valence-corrected chi connectivity index (χ1v) is 6.20. The van der Waals surface area contributed by atoms with Crippen molar-refractivity contribution in [3.05, 3.63) is 29.8 Å². The zero-order valence-electron chi connectivity index (χ0n) is 10.4. The fourth-order valence-electron chi connectivity index (χ4n) is 1.42. The Kier molecular flexibility index (Phi) is 5.29. The van der Waals surface area contributed by atoms with E-state index in [2.05, 4.69) is 0 Å². The molecule has 1 rings (SSSR count). The van der Waals surface area contributed by atoms with Crippen LogP contribution in [0, 0.1) is 0 Å². The van der Waals surface area contributed by atoms with Gasteiger partial charge in [0.2, 0.25) is 0 Å². The Morgan fingerprint density at radius 2 is 2.12 bits per heavy atom. The number of hydrogen-bond acceptors (Lipinski definition) is 2. The molecular formula is C13H18ClNO2. The lowest BCUT2D eigenvalue weighted by atomic mass is 10.1. The van der Waals surface area contributed by atoms with Crippen molar-refractivity contribution in [1.29, 1.82) is 0 Å². The van der Waals surface area contributed by atoms with Crippen molar-refractivity contribution in [2.45, 2.75) is 19.9 Å². The van der Waals surface area contributed by atoms with Gasteiger partial charge in [-0.3, -0.25) is 4.79 Å². The average Bonchev–Trinajstić information content (AvgIpc) is 2.37. The summed E-state index contributed by atoms with van der Waals surface area (Å²) in [5.41, 5.74) is 0.578. The van der Waals surface area contributed by atoms with Gasteiger partial charge in [0.15, 0.2) is 0 Å². The van der Waals surface area contributed by atoms with Gasteiger partial charge in [0.05, 0.1) is 12.2 Å². The topological polar surface area (TPSA) is 29.5 Å². The van der Waals surface area contributed by atoms with Gasteiger partial charge in [-0.25, -0.2) is 0 Å². The minimum Gasteiger partial charge on any atom is -0.493 e. The van der Waals surface area contributed by atoms with Crippen LogP contribution in [0.4, 0.5) is 0 Å². The predicted octanol–water partition coefficient (Wildman–Crippen LogP) is 2.78. The molecule has 0 aliphatic heterocycles. The van der Waals surface area contributed by atoms with Crippen LogP contribution in [-0.2, 0) is 0 Å². The summed E-state index contributed by atoms with van der Waals surface area (Å²) in [6.45, 7) is 4.35. The number of carbonyl (C=O) groups excluding carboxylic acids is 1. The van der Waals surface area contributed by atoms with E-state index < -0.39 is 0 Å². The summed E-state index contributed by atoms with van der Waals surface area (Å²) in [5, 5.41) is 0. The van der Waals surface area contributed by atoms with Crippen LogP contribution in [0.25, 0.3) is 0 Å². The number of ether oxygens (including phenoxy) is 1. The molecule has 1 atom stereocenters. The van der Waals surface area contributed by atoms with Crippen molar-refractivity contribution in [1.82, 2.24) is 4.90 Å². The van der Waals surface area contributed by atoms with E-state index in [9.17, 15) is 4.79 Å². The maximum atomic E-state index is 12.2. The fraction of sp³-hybridized carbons (Fsp3) is 0.462. The van der Waals surface area contributed by atoms with Crippen LogP contribution in [0.2, 0.25) is 0 Å². The minimum absolute atomic E-state index is 0.00107. The third kappa shape index (κ3) is 3.37. The molecule has 0 aliphatic carbocycles. The van der Waals surface area contributed by atoms with Gasteiger partial charge >= 0.3 is 0 Å². The van der Waals surface area contributed by atoms with Gasteiger partial charge in [0.1, 0.15) is 5.75 Å². The maximum Gasteiger partial charge on any atom is 0.257 e. The molecule has 3 nitrogen and oxygen atoms in total. The van der Waals surface area contributed by atoms with Crippen molar-refractivity contribution in [2.24, 2.45) is 0 Å². The first kappa shape index (κ1) is 13.8. The predicted molar refractivity (Wildman–Crippen MR) is 69.9 cm³/mol. The molecule has 0 bridgehead atoms. The summed E-state index contributed by atoms with van der Waals surface area (Å²) in [5.74, 6) is 0.967. The molecular weight excluding hydrogens is 238 g/mol. The van der Waals surface area contributed by atoms with E-state index in [1.807, 2.05) is 26.0 Å². The van der Waals surface area contributed by atoms with E-state index in [0.29, 0.717) is 23.8 Å². The number of carbonyl (C=O) groups is 1. The lowest BCUT2D eigenvalue weighted by Gasteiger charge is -2.24. The van der Waals surface area contributed by atoms with Crippen molar-refractivity contribution >= 4 is 17.5 Å². The van der Waals surface area contributed by atoms with E-state index in [1.165, 1.54) is 0 Å². The SMILES string of the molecule is CCOc1ccccc1C(=O)N(C)C(C)CCl. The smallest absolute Gasteiger partial charge is 0.257 e. The van der Waals surface area contributed by atoms with Crippen LogP contribution in [-0.4, -0.2) is 36.4 Å². The molecule has 0 saturated carbocycles. The highest BCUT2D eigenvalue weighted by Crippen LogP contribution is 2.20. The minimum atomic E-state index is -0.0674. The summed E-state index contributed by atoms with van der Waals surface area (Å²) in [6, 6.07) is 7.25. The number of rotatable bonds is 5. The van der Waals surface area contributed by atoms with Gasteiger partial charge in [-0.15, -0.1) is 11.6 Å². The highest BCUT2D eigenvalue weighted by atomic mass is 35.5. The molecule has 94 valence electrons. The maximum absolute atomic E-state index is 12.2. The van der Waals surface area contributed by atoms with Gasteiger partial charge in [-0.05, 0) is 26.0 Å². The second-order valence-electron chi connectivity index (χ2n) is 3.85. The molecule has 1 aromatic carbocycles. The van der Waals surface area contributed by atoms with Crippen LogP contribution < -0.4 is 4.74 Å². The Morgan fingerprint density at radius 3 is 2.71 bits per heavy atom. The molecule has 1 unspecified atom stereocenters. The average molecular weight is 256 g/mol. The summed E-state index contributed by atoms with van der Waals surface area (Å²) in [6.07, 6.45) is 0. The van der Waals surface area contributed by atoms with E-state index in [4.69, 9.17) is 16.3 Å². The Hall–Kier alpha value is -1.22. The number of benzene rings is 1. The summed E-state index contributed by atoms with van der Waals surface area (Å²) >= 11 is 5.75. The molecule has 1 amide bonds. The molecule has 1 aromatic rings. The quantitative estimate of drug-likeness (QED) is 0.758. The molecule has 0 heterocycles. The van der Waals surface area contributed by atoms with Crippen molar-refractivity contribution in [3.63, 3.8) is 0 Å². The van der Waals surface area contributed by atoms with Gasteiger partial charge in [0, 0.05) is 19.0 Å². The molecule has 0 saturated heterocycles. The van der Waals surface area contributed by atoms with Gasteiger partial charge in [-0.1, -0.05) is 12.1 Å².